The van der Waals surface area contributed by atoms with E-state index in [2.05, 4.69) is 182 Å². The van der Waals surface area contributed by atoms with Crippen LogP contribution in [0.15, 0.2) is 186 Å². The zero-order chi connectivity index (χ0) is 32.3. The van der Waals surface area contributed by atoms with Gasteiger partial charge in [0.15, 0.2) is 0 Å². The quantitative estimate of drug-likeness (QED) is 0.178. The molecule has 0 saturated heterocycles. The predicted molar refractivity (Wildman–Crippen MR) is 208 cm³/mol. The third-order valence-electron chi connectivity index (χ3n) is 10.1. The highest BCUT2D eigenvalue weighted by atomic mass is 16.3. The van der Waals surface area contributed by atoms with Crippen molar-refractivity contribution in [2.75, 3.05) is 0 Å². The summed E-state index contributed by atoms with van der Waals surface area (Å²) in [5.41, 5.74) is 11.5. The van der Waals surface area contributed by atoms with Crippen LogP contribution < -0.4 is 0 Å². The van der Waals surface area contributed by atoms with Gasteiger partial charge in [-0.15, -0.1) is 0 Å². The SMILES string of the molecule is c1ccc(-c2ccccc2-c2c3ccccc3c(-c3cc(-c4cccc5ccccc45)cc4oc5ccccc5c34)c3ccccc23)cc1. The summed E-state index contributed by atoms with van der Waals surface area (Å²) in [5, 5.41) is 9.64. The number of benzene rings is 9. The molecule has 0 aliphatic carbocycles. The maximum absolute atomic E-state index is 6.67. The number of fused-ring (bicyclic) bond motifs is 6. The molecule has 1 heterocycles. The standard InChI is InChI=1S/C48H30O/c1-2-15-31(16-3-1)35-20-6-7-21-37(35)46-38-22-8-10-24-40(38)47(41-25-11-9-23-39(41)46)43-29-33(36-27-14-18-32-17-4-5-19-34(32)36)30-45-48(43)42-26-12-13-28-44(42)49-45/h1-30H. The first-order chi connectivity index (χ1) is 24.3. The molecule has 0 spiro atoms. The predicted octanol–water partition coefficient (Wildman–Crippen LogP) is 13.7. The molecule has 228 valence electrons. The Morgan fingerprint density at radius 1 is 0.286 bits per heavy atom. The van der Waals surface area contributed by atoms with E-state index < -0.39 is 0 Å². The zero-order valence-corrected chi connectivity index (χ0v) is 26.7. The van der Waals surface area contributed by atoms with Crippen molar-refractivity contribution < 1.29 is 4.42 Å². The first kappa shape index (κ1) is 27.7. The van der Waals surface area contributed by atoms with Gasteiger partial charge in [-0.1, -0.05) is 164 Å². The van der Waals surface area contributed by atoms with E-state index in [0.717, 1.165) is 27.5 Å². The number of furan rings is 1. The molecule has 0 aliphatic rings. The van der Waals surface area contributed by atoms with Crippen LogP contribution in [0.3, 0.4) is 0 Å². The van der Waals surface area contributed by atoms with E-state index in [1.54, 1.807) is 0 Å². The van der Waals surface area contributed by atoms with E-state index in [1.165, 1.54) is 71.3 Å². The van der Waals surface area contributed by atoms with Crippen molar-refractivity contribution in [3.05, 3.63) is 182 Å². The highest BCUT2D eigenvalue weighted by Gasteiger charge is 2.22. The lowest BCUT2D eigenvalue weighted by Gasteiger charge is -2.20. The van der Waals surface area contributed by atoms with Crippen molar-refractivity contribution in [1.82, 2.24) is 0 Å². The van der Waals surface area contributed by atoms with Gasteiger partial charge in [0.1, 0.15) is 11.2 Å². The minimum absolute atomic E-state index is 0.897. The first-order valence-electron chi connectivity index (χ1n) is 16.9. The third-order valence-corrected chi connectivity index (χ3v) is 10.1. The number of rotatable bonds is 4. The summed E-state index contributed by atoms with van der Waals surface area (Å²) in [7, 11) is 0. The molecule has 49 heavy (non-hydrogen) atoms. The number of hydrogen-bond donors (Lipinski definition) is 0. The van der Waals surface area contributed by atoms with E-state index >= 15 is 0 Å². The average Bonchev–Trinajstić information content (AvgIpc) is 3.55. The maximum atomic E-state index is 6.67. The van der Waals surface area contributed by atoms with Gasteiger partial charge in [0.2, 0.25) is 0 Å². The van der Waals surface area contributed by atoms with Gasteiger partial charge >= 0.3 is 0 Å². The van der Waals surface area contributed by atoms with Crippen molar-refractivity contribution in [2.24, 2.45) is 0 Å². The Bertz CT molecular complexity index is 2810. The van der Waals surface area contributed by atoms with Crippen LogP contribution in [0.4, 0.5) is 0 Å². The Morgan fingerprint density at radius 2 is 0.796 bits per heavy atom. The van der Waals surface area contributed by atoms with Crippen LogP contribution in [0, 0.1) is 0 Å². The summed E-state index contributed by atoms with van der Waals surface area (Å²) in [6.45, 7) is 0. The molecular formula is C48H30O. The molecule has 0 atom stereocenters. The highest BCUT2D eigenvalue weighted by molar-refractivity contribution is 6.26. The van der Waals surface area contributed by atoms with Gasteiger partial charge in [0.05, 0.1) is 0 Å². The zero-order valence-electron chi connectivity index (χ0n) is 26.7. The lowest BCUT2D eigenvalue weighted by Crippen LogP contribution is -1.93. The summed E-state index contributed by atoms with van der Waals surface area (Å²) in [6, 6.07) is 65.7. The second-order valence-corrected chi connectivity index (χ2v) is 12.8. The summed E-state index contributed by atoms with van der Waals surface area (Å²) >= 11 is 0. The van der Waals surface area contributed by atoms with E-state index in [-0.39, 0.29) is 0 Å². The average molecular weight is 623 g/mol. The lowest BCUT2D eigenvalue weighted by atomic mass is 9.82. The first-order valence-corrected chi connectivity index (χ1v) is 16.9. The van der Waals surface area contributed by atoms with Crippen LogP contribution in [-0.4, -0.2) is 0 Å². The Kier molecular flexibility index (Phi) is 6.25. The fourth-order valence-corrected chi connectivity index (χ4v) is 7.96. The Labute approximate surface area is 284 Å². The van der Waals surface area contributed by atoms with Crippen LogP contribution in [0.1, 0.15) is 0 Å². The molecule has 10 rings (SSSR count). The van der Waals surface area contributed by atoms with Crippen LogP contribution in [-0.2, 0) is 0 Å². The number of para-hydroxylation sites is 1. The lowest BCUT2D eigenvalue weighted by molar-refractivity contribution is 0.669. The molecule has 1 aromatic heterocycles. The summed E-state index contributed by atoms with van der Waals surface area (Å²) in [5.74, 6) is 0. The van der Waals surface area contributed by atoms with Gasteiger partial charge in [-0.2, -0.15) is 0 Å². The minimum Gasteiger partial charge on any atom is -0.456 e. The molecule has 0 radical (unpaired) electrons. The van der Waals surface area contributed by atoms with Crippen LogP contribution in [0.2, 0.25) is 0 Å². The molecule has 0 bridgehead atoms. The van der Waals surface area contributed by atoms with E-state index in [1.807, 2.05) is 0 Å². The van der Waals surface area contributed by atoms with Crippen molar-refractivity contribution in [2.45, 2.75) is 0 Å². The van der Waals surface area contributed by atoms with Crippen LogP contribution in [0.25, 0.3) is 98.8 Å². The second kappa shape index (κ2) is 11.1. The Morgan fingerprint density at radius 3 is 1.51 bits per heavy atom. The topological polar surface area (TPSA) is 13.1 Å². The molecule has 0 saturated carbocycles. The van der Waals surface area contributed by atoms with Crippen molar-refractivity contribution in [3.8, 4) is 44.5 Å². The molecule has 0 aliphatic heterocycles. The smallest absolute Gasteiger partial charge is 0.136 e. The van der Waals surface area contributed by atoms with Gasteiger partial charge in [-0.05, 0) is 95.0 Å². The maximum Gasteiger partial charge on any atom is 0.136 e. The molecule has 0 unspecified atom stereocenters. The summed E-state index contributed by atoms with van der Waals surface area (Å²) < 4.78 is 6.67. The summed E-state index contributed by atoms with van der Waals surface area (Å²) in [6.07, 6.45) is 0. The van der Waals surface area contributed by atoms with Crippen LogP contribution >= 0.6 is 0 Å². The minimum atomic E-state index is 0.897. The normalized spacial score (nSPS) is 11.7. The van der Waals surface area contributed by atoms with Gasteiger partial charge < -0.3 is 4.42 Å². The van der Waals surface area contributed by atoms with Crippen molar-refractivity contribution >= 4 is 54.3 Å². The molecule has 9 aromatic carbocycles. The number of hydrogen-bond acceptors (Lipinski definition) is 1. The second-order valence-electron chi connectivity index (χ2n) is 12.8. The van der Waals surface area contributed by atoms with Gasteiger partial charge in [-0.3, -0.25) is 0 Å². The van der Waals surface area contributed by atoms with Crippen LogP contribution in [0.5, 0.6) is 0 Å². The Balaban J connectivity index is 1.36. The fraction of sp³-hybridized carbons (Fsp3) is 0. The molecule has 0 N–H and O–H groups in total. The van der Waals surface area contributed by atoms with E-state index in [0.29, 0.717) is 0 Å². The van der Waals surface area contributed by atoms with Gasteiger partial charge in [0, 0.05) is 10.8 Å². The van der Waals surface area contributed by atoms with Crippen molar-refractivity contribution in [1.29, 1.82) is 0 Å². The van der Waals surface area contributed by atoms with Gasteiger partial charge in [-0.25, -0.2) is 0 Å². The molecular weight excluding hydrogens is 593 g/mol. The fourth-order valence-electron chi connectivity index (χ4n) is 7.96. The molecule has 0 fully saturated rings. The highest BCUT2D eigenvalue weighted by Crippen LogP contribution is 2.49. The monoisotopic (exact) mass is 622 g/mol. The van der Waals surface area contributed by atoms with E-state index in [4.69, 9.17) is 4.42 Å². The van der Waals surface area contributed by atoms with Crippen molar-refractivity contribution in [3.63, 3.8) is 0 Å². The molecule has 10 aromatic rings. The van der Waals surface area contributed by atoms with Gasteiger partial charge in [0.25, 0.3) is 0 Å². The van der Waals surface area contributed by atoms with E-state index in [9.17, 15) is 0 Å². The molecule has 0 amide bonds. The largest absolute Gasteiger partial charge is 0.456 e. The summed E-state index contributed by atoms with van der Waals surface area (Å²) in [4.78, 5) is 0. The molecule has 1 heteroatoms. The Hall–Kier alpha value is -6.44. The molecule has 1 nitrogen and oxygen atoms in total. The third kappa shape index (κ3) is 4.33.